The molecular formula is C14H18N4O4. The van der Waals surface area contributed by atoms with E-state index in [0.717, 1.165) is 12.8 Å². The highest BCUT2D eigenvalue weighted by molar-refractivity contribution is 5.87. The Hall–Kier alpha value is -2.22. The lowest BCUT2D eigenvalue weighted by atomic mass is 10.1. The first-order valence-electron chi connectivity index (χ1n) is 7.25. The Labute approximate surface area is 128 Å². The monoisotopic (exact) mass is 306 g/mol. The lowest BCUT2D eigenvalue weighted by molar-refractivity contribution is -0.136. The summed E-state index contributed by atoms with van der Waals surface area (Å²) in [6.07, 6.45) is 4.51. The van der Waals surface area contributed by atoms with E-state index in [1.807, 2.05) is 0 Å². The van der Waals surface area contributed by atoms with Crippen LogP contribution in [0.3, 0.4) is 0 Å². The fraction of sp³-hybridized carbons (Fsp3) is 0.571. The number of methoxy groups -OCH3 is 1. The number of rotatable bonds is 4. The maximum atomic E-state index is 12.1. The Morgan fingerprint density at radius 1 is 1.45 bits per heavy atom. The van der Waals surface area contributed by atoms with Crippen LogP contribution in [-0.2, 0) is 14.3 Å². The van der Waals surface area contributed by atoms with E-state index >= 15 is 0 Å². The standard InChI is InChI=1S/C14H18N4O4/c1-21-9-13(19)17-4-2-3-11(17)10-7-15-8-12(16-10)18-5-6-22-14(18)20/h7-8,11H,2-6,9H2,1H3/t11-/m1/s1. The second kappa shape index (κ2) is 6.27. The van der Waals surface area contributed by atoms with Crippen LogP contribution in [0.2, 0.25) is 0 Å². The maximum absolute atomic E-state index is 12.1. The summed E-state index contributed by atoms with van der Waals surface area (Å²) in [5.41, 5.74) is 0.694. The number of carbonyl (C=O) groups excluding carboxylic acids is 2. The highest BCUT2D eigenvalue weighted by Crippen LogP contribution is 2.31. The molecule has 1 aromatic heterocycles. The molecule has 0 spiro atoms. The van der Waals surface area contributed by atoms with Gasteiger partial charge in [0.1, 0.15) is 13.2 Å². The number of cyclic esters (lactones) is 1. The van der Waals surface area contributed by atoms with E-state index in [2.05, 4.69) is 9.97 Å². The minimum absolute atomic E-state index is 0.0576. The third kappa shape index (κ3) is 2.74. The van der Waals surface area contributed by atoms with Crippen LogP contribution in [0.15, 0.2) is 12.4 Å². The van der Waals surface area contributed by atoms with Crippen LogP contribution in [0.25, 0.3) is 0 Å². The summed E-state index contributed by atoms with van der Waals surface area (Å²) in [4.78, 5) is 35.6. The molecule has 0 saturated carbocycles. The van der Waals surface area contributed by atoms with Crippen LogP contribution in [0.4, 0.5) is 10.6 Å². The molecule has 0 N–H and O–H groups in total. The van der Waals surface area contributed by atoms with Crippen LogP contribution in [0, 0.1) is 0 Å². The Balaban J connectivity index is 1.82. The number of hydrogen-bond donors (Lipinski definition) is 0. The van der Waals surface area contributed by atoms with Gasteiger partial charge in [-0.05, 0) is 12.8 Å². The first kappa shape index (κ1) is 14.7. The zero-order chi connectivity index (χ0) is 15.5. The van der Waals surface area contributed by atoms with Crippen LogP contribution in [0.1, 0.15) is 24.6 Å². The number of ether oxygens (including phenoxy) is 2. The highest BCUT2D eigenvalue weighted by atomic mass is 16.6. The van der Waals surface area contributed by atoms with Crippen LogP contribution in [-0.4, -0.2) is 60.3 Å². The van der Waals surface area contributed by atoms with Crippen molar-refractivity contribution in [3.8, 4) is 0 Å². The molecule has 8 heteroatoms. The number of anilines is 1. The predicted molar refractivity (Wildman–Crippen MR) is 76.3 cm³/mol. The molecule has 2 aliphatic heterocycles. The maximum Gasteiger partial charge on any atom is 0.415 e. The molecule has 0 bridgehead atoms. The number of hydrogen-bond acceptors (Lipinski definition) is 6. The first-order valence-corrected chi connectivity index (χ1v) is 7.25. The van der Waals surface area contributed by atoms with Crippen molar-refractivity contribution < 1.29 is 19.1 Å². The van der Waals surface area contributed by atoms with E-state index < -0.39 is 6.09 Å². The molecule has 0 aliphatic carbocycles. The third-order valence-electron chi connectivity index (χ3n) is 3.86. The van der Waals surface area contributed by atoms with Gasteiger partial charge < -0.3 is 14.4 Å². The van der Waals surface area contributed by atoms with Gasteiger partial charge in [0.15, 0.2) is 5.82 Å². The molecule has 22 heavy (non-hydrogen) atoms. The van der Waals surface area contributed by atoms with Gasteiger partial charge in [-0.1, -0.05) is 0 Å². The van der Waals surface area contributed by atoms with E-state index in [0.29, 0.717) is 31.2 Å². The lowest BCUT2D eigenvalue weighted by Crippen LogP contribution is -2.34. The van der Waals surface area contributed by atoms with Crippen molar-refractivity contribution in [1.29, 1.82) is 0 Å². The zero-order valence-electron chi connectivity index (χ0n) is 12.4. The molecule has 2 fully saturated rings. The van der Waals surface area contributed by atoms with Gasteiger partial charge >= 0.3 is 6.09 Å². The van der Waals surface area contributed by atoms with Gasteiger partial charge in [0, 0.05) is 13.7 Å². The molecule has 2 saturated heterocycles. The van der Waals surface area contributed by atoms with Gasteiger partial charge in [-0.25, -0.2) is 9.78 Å². The van der Waals surface area contributed by atoms with Gasteiger partial charge in [-0.15, -0.1) is 0 Å². The van der Waals surface area contributed by atoms with Crippen LogP contribution in [0.5, 0.6) is 0 Å². The average Bonchev–Trinajstić information content (AvgIpc) is 3.16. The van der Waals surface area contributed by atoms with Crippen molar-refractivity contribution in [2.45, 2.75) is 18.9 Å². The average molecular weight is 306 g/mol. The van der Waals surface area contributed by atoms with E-state index in [4.69, 9.17) is 9.47 Å². The summed E-state index contributed by atoms with van der Waals surface area (Å²) in [5.74, 6) is 0.406. The normalized spacial score (nSPS) is 21.3. The van der Waals surface area contributed by atoms with Crippen molar-refractivity contribution in [1.82, 2.24) is 14.9 Å². The Bertz CT molecular complexity index is 580. The molecule has 2 aliphatic rings. The molecule has 8 nitrogen and oxygen atoms in total. The Kier molecular flexibility index (Phi) is 4.19. The van der Waals surface area contributed by atoms with Crippen molar-refractivity contribution in [2.24, 2.45) is 0 Å². The molecule has 2 amide bonds. The van der Waals surface area contributed by atoms with E-state index in [1.165, 1.54) is 18.2 Å². The molecule has 1 aromatic rings. The summed E-state index contributed by atoms with van der Waals surface area (Å²) in [7, 11) is 1.50. The quantitative estimate of drug-likeness (QED) is 0.816. The molecule has 3 heterocycles. The number of carbonyl (C=O) groups is 2. The second-order valence-corrected chi connectivity index (χ2v) is 5.25. The summed E-state index contributed by atoms with van der Waals surface area (Å²) in [5, 5.41) is 0. The fourth-order valence-corrected chi connectivity index (χ4v) is 2.84. The summed E-state index contributed by atoms with van der Waals surface area (Å²) >= 11 is 0. The number of aromatic nitrogens is 2. The van der Waals surface area contributed by atoms with Crippen molar-refractivity contribution in [2.75, 3.05) is 38.3 Å². The Morgan fingerprint density at radius 2 is 2.32 bits per heavy atom. The zero-order valence-corrected chi connectivity index (χ0v) is 12.4. The minimum Gasteiger partial charge on any atom is -0.447 e. The van der Waals surface area contributed by atoms with Gasteiger partial charge in [-0.2, -0.15) is 0 Å². The second-order valence-electron chi connectivity index (χ2n) is 5.25. The summed E-state index contributed by atoms with van der Waals surface area (Å²) in [6, 6.07) is -0.117. The molecule has 3 rings (SSSR count). The van der Waals surface area contributed by atoms with Crippen molar-refractivity contribution >= 4 is 17.8 Å². The molecule has 118 valence electrons. The largest absolute Gasteiger partial charge is 0.447 e. The fourth-order valence-electron chi connectivity index (χ4n) is 2.84. The molecule has 0 aromatic carbocycles. The number of likely N-dealkylation sites (tertiary alicyclic amines) is 1. The van der Waals surface area contributed by atoms with Crippen LogP contribution < -0.4 is 4.90 Å². The molecule has 0 unspecified atom stereocenters. The Morgan fingerprint density at radius 3 is 3.05 bits per heavy atom. The van der Waals surface area contributed by atoms with Gasteiger partial charge in [0.25, 0.3) is 0 Å². The van der Waals surface area contributed by atoms with E-state index in [-0.39, 0.29) is 18.6 Å². The summed E-state index contributed by atoms with van der Waals surface area (Å²) in [6.45, 7) is 1.56. The highest BCUT2D eigenvalue weighted by Gasteiger charge is 2.32. The topological polar surface area (TPSA) is 84.9 Å². The smallest absolute Gasteiger partial charge is 0.415 e. The van der Waals surface area contributed by atoms with Gasteiger partial charge in [0.2, 0.25) is 5.91 Å². The first-order chi connectivity index (χ1) is 10.7. The van der Waals surface area contributed by atoms with Gasteiger partial charge in [-0.3, -0.25) is 14.7 Å². The number of nitrogens with zero attached hydrogens (tertiary/aromatic N) is 4. The molecule has 1 atom stereocenters. The molecule has 0 radical (unpaired) electrons. The van der Waals surface area contributed by atoms with Crippen molar-refractivity contribution in [3.05, 3.63) is 18.1 Å². The van der Waals surface area contributed by atoms with E-state index in [1.54, 1.807) is 11.1 Å². The lowest BCUT2D eigenvalue weighted by Gasteiger charge is -2.24. The summed E-state index contributed by atoms with van der Waals surface area (Å²) < 4.78 is 9.84. The SMILES string of the molecule is COCC(=O)N1CCC[C@@H]1c1cncc(N2CCOC2=O)n1. The minimum atomic E-state index is -0.412. The predicted octanol–water partition coefficient (Wildman–Crippen LogP) is 0.743. The number of amides is 2. The van der Waals surface area contributed by atoms with Crippen molar-refractivity contribution in [3.63, 3.8) is 0 Å². The van der Waals surface area contributed by atoms with Crippen LogP contribution >= 0.6 is 0 Å². The molecular weight excluding hydrogens is 288 g/mol. The third-order valence-corrected chi connectivity index (χ3v) is 3.86. The van der Waals surface area contributed by atoms with Gasteiger partial charge in [0.05, 0.1) is 30.7 Å². The van der Waals surface area contributed by atoms with E-state index in [9.17, 15) is 9.59 Å².